The highest BCUT2D eigenvalue weighted by Gasteiger charge is 2.06. The molecule has 7 heteroatoms. The van der Waals surface area contributed by atoms with E-state index in [2.05, 4.69) is 9.17 Å². The summed E-state index contributed by atoms with van der Waals surface area (Å²) in [6.07, 6.45) is 2.21. The highest BCUT2D eigenvalue weighted by Crippen LogP contribution is 2.15. The smallest absolute Gasteiger partial charge is 0.264 e. The highest BCUT2D eigenvalue weighted by molar-refractivity contribution is 7.85. The Morgan fingerprint density at radius 1 is 1.67 bits per heavy atom. The Hall–Kier alpha value is -1.16. The van der Waals surface area contributed by atoms with E-state index >= 15 is 0 Å². The van der Waals surface area contributed by atoms with Gasteiger partial charge in [0, 0.05) is 6.20 Å². The molecule has 0 radical (unpaired) electrons. The lowest BCUT2D eigenvalue weighted by Crippen LogP contribution is -2.04. The molecular weight excluding hydrogens is 240 g/mol. The van der Waals surface area contributed by atoms with Gasteiger partial charge in [-0.05, 0) is 6.07 Å². The van der Waals surface area contributed by atoms with Crippen molar-refractivity contribution in [1.82, 2.24) is 4.98 Å². The summed E-state index contributed by atoms with van der Waals surface area (Å²) in [6, 6.07) is 3.24. The van der Waals surface area contributed by atoms with Gasteiger partial charge >= 0.3 is 0 Å². The predicted molar refractivity (Wildman–Crippen MR) is 53.6 cm³/mol. The van der Waals surface area contributed by atoms with Crippen LogP contribution in [0.15, 0.2) is 12.3 Å². The first-order valence-corrected chi connectivity index (χ1v) is 6.01. The van der Waals surface area contributed by atoms with Crippen LogP contribution in [0.5, 0.6) is 0 Å². The summed E-state index contributed by atoms with van der Waals surface area (Å²) in [4.78, 5) is 3.82. The largest absolute Gasteiger partial charge is 0.264 e. The van der Waals surface area contributed by atoms with Crippen molar-refractivity contribution < 1.29 is 12.6 Å². The molecule has 0 atom stereocenters. The molecule has 0 N–H and O–H groups in total. The van der Waals surface area contributed by atoms with Crippen molar-refractivity contribution in [2.45, 2.75) is 6.61 Å². The number of nitrogens with zero attached hydrogens (tertiary/aromatic N) is 2. The van der Waals surface area contributed by atoms with Crippen LogP contribution in [-0.4, -0.2) is 19.7 Å². The number of hydrogen-bond donors (Lipinski definition) is 0. The Bertz CT molecular complexity index is 507. The van der Waals surface area contributed by atoms with Gasteiger partial charge in [0.25, 0.3) is 10.1 Å². The second kappa shape index (κ2) is 4.57. The third-order valence-corrected chi connectivity index (χ3v) is 2.31. The van der Waals surface area contributed by atoms with E-state index in [1.807, 2.05) is 6.07 Å². The fraction of sp³-hybridized carbons (Fsp3) is 0.250. The SMILES string of the molecule is CS(=O)(=O)OCc1cc(Cl)c(C#N)cn1. The molecule has 0 spiro atoms. The van der Waals surface area contributed by atoms with Crippen molar-refractivity contribution in [1.29, 1.82) is 5.26 Å². The Balaban J connectivity index is 2.82. The molecule has 0 aliphatic carbocycles. The van der Waals surface area contributed by atoms with Crippen molar-refractivity contribution in [2.75, 3.05) is 6.26 Å². The maximum atomic E-state index is 10.7. The van der Waals surface area contributed by atoms with Crippen LogP contribution >= 0.6 is 11.6 Å². The van der Waals surface area contributed by atoms with E-state index in [9.17, 15) is 8.42 Å². The van der Waals surface area contributed by atoms with Gasteiger partial charge in [-0.15, -0.1) is 0 Å². The molecule has 0 bridgehead atoms. The second-order valence-electron chi connectivity index (χ2n) is 2.73. The van der Waals surface area contributed by atoms with Gasteiger partial charge in [0.05, 0.1) is 22.5 Å². The number of halogens is 1. The summed E-state index contributed by atoms with van der Waals surface area (Å²) in [5.74, 6) is 0. The second-order valence-corrected chi connectivity index (χ2v) is 4.78. The Kier molecular flexibility index (Phi) is 3.63. The Morgan fingerprint density at radius 2 is 2.33 bits per heavy atom. The average molecular weight is 247 g/mol. The van der Waals surface area contributed by atoms with Gasteiger partial charge < -0.3 is 0 Å². The molecule has 5 nitrogen and oxygen atoms in total. The van der Waals surface area contributed by atoms with E-state index in [-0.39, 0.29) is 17.2 Å². The lowest BCUT2D eigenvalue weighted by atomic mass is 10.3. The summed E-state index contributed by atoms with van der Waals surface area (Å²) in [5.41, 5.74) is 0.587. The van der Waals surface area contributed by atoms with E-state index in [0.717, 1.165) is 6.26 Å². The summed E-state index contributed by atoms with van der Waals surface area (Å²) in [7, 11) is -3.50. The van der Waals surface area contributed by atoms with Crippen molar-refractivity contribution in [3.05, 3.63) is 28.5 Å². The topological polar surface area (TPSA) is 80.0 Å². The monoisotopic (exact) mass is 246 g/mol. The van der Waals surface area contributed by atoms with Crippen LogP contribution in [-0.2, 0) is 20.9 Å². The molecule has 0 aliphatic heterocycles. The molecule has 0 saturated carbocycles. The summed E-state index contributed by atoms with van der Waals surface area (Å²) in [6.45, 7) is -0.190. The minimum Gasteiger partial charge on any atom is -0.264 e. The fourth-order valence-electron chi connectivity index (χ4n) is 0.799. The molecule has 0 saturated heterocycles. The fourth-order valence-corrected chi connectivity index (χ4v) is 1.35. The lowest BCUT2D eigenvalue weighted by Gasteiger charge is -2.01. The maximum absolute atomic E-state index is 10.7. The predicted octanol–water partition coefficient (Wildman–Crippen LogP) is 1.08. The number of hydrogen-bond acceptors (Lipinski definition) is 5. The molecule has 0 aromatic carbocycles. The first-order valence-electron chi connectivity index (χ1n) is 3.81. The van der Waals surface area contributed by atoms with E-state index in [4.69, 9.17) is 16.9 Å². The van der Waals surface area contributed by atoms with E-state index in [0.29, 0.717) is 5.69 Å². The maximum Gasteiger partial charge on any atom is 0.264 e. The minimum absolute atomic E-state index is 0.190. The highest BCUT2D eigenvalue weighted by atomic mass is 35.5. The van der Waals surface area contributed by atoms with Crippen LogP contribution in [0, 0.1) is 11.3 Å². The van der Waals surface area contributed by atoms with Crippen LogP contribution in [0.25, 0.3) is 0 Å². The van der Waals surface area contributed by atoms with Gasteiger partial charge in [-0.1, -0.05) is 11.6 Å². The van der Waals surface area contributed by atoms with E-state index in [1.165, 1.54) is 12.3 Å². The van der Waals surface area contributed by atoms with Crippen LogP contribution in [0.4, 0.5) is 0 Å². The first kappa shape index (κ1) is 11.9. The molecule has 1 aromatic heterocycles. The summed E-state index contributed by atoms with van der Waals surface area (Å²) in [5, 5.41) is 8.79. The average Bonchev–Trinajstić information content (AvgIpc) is 2.14. The van der Waals surface area contributed by atoms with Gasteiger partial charge in [0.15, 0.2) is 0 Å². The quantitative estimate of drug-likeness (QED) is 0.746. The standard InChI is InChI=1S/C8H7ClN2O3S/c1-15(12,13)14-5-7-2-8(9)6(3-10)4-11-7/h2,4H,5H2,1H3. The first-order chi connectivity index (χ1) is 6.92. The van der Waals surface area contributed by atoms with Gasteiger partial charge in [-0.3, -0.25) is 9.17 Å². The molecular formula is C8H7ClN2O3S. The number of aromatic nitrogens is 1. The van der Waals surface area contributed by atoms with Crippen LogP contribution < -0.4 is 0 Å². The molecule has 1 aromatic rings. The van der Waals surface area contributed by atoms with Crippen molar-refractivity contribution in [3.8, 4) is 6.07 Å². The van der Waals surface area contributed by atoms with Crippen LogP contribution in [0.2, 0.25) is 5.02 Å². The van der Waals surface area contributed by atoms with Crippen molar-refractivity contribution >= 4 is 21.7 Å². The molecule has 0 fully saturated rings. The third-order valence-electron chi connectivity index (χ3n) is 1.45. The van der Waals surface area contributed by atoms with Crippen LogP contribution in [0.3, 0.4) is 0 Å². The molecule has 0 aliphatic rings. The lowest BCUT2D eigenvalue weighted by molar-refractivity contribution is 0.307. The molecule has 15 heavy (non-hydrogen) atoms. The van der Waals surface area contributed by atoms with Crippen molar-refractivity contribution in [3.63, 3.8) is 0 Å². The molecule has 0 amide bonds. The summed E-state index contributed by atoms with van der Waals surface area (Å²) < 4.78 is 25.9. The minimum atomic E-state index is -3.50. The molecule has 1 rings (SSSR count). The van der Waals surface area contributed by atoms with Crippen molar-refractivity contribution in [2.24, 2.45) is 0 Å². The normalized spacial score (nSPS) is 11.0. The van der Waals surface area contributed by atoms with Gasteiger partial charge in [-0.2, -0.15) is 13.7 Å². The zero-order valence-corrected chi connectivity index (χ0v) is 9.34. The zero-order valence-electron chi connectivity index (χ0n) is 7.77. The number of rotatable bonds is 3. The zero-order chi connectivity index (χ0) is 11.5. The molecule has 80 valence electrons. The van der Waals surface area contributed by atoms with Crippen LogP contribution in [0.1, 0.15) is 11.3 Å². The van der Waals surface area contributed by atoms with Gasteiger partial charge in [0.1, 0.15) is 12.7 Å². The summed E-state index contributed by atoms with van der Waals surface area (Å²) >= 11 is 5.71. The Morgan fingerprint density at radius 3 is 2.80 bits per heavy atom. The van der Waals surface area contributed by atoms with E-state index in [1.54, 1.807) is 0 Å². The number of nitriles is 1. The molecule has 0 unspecified atom stereocenters. The van der Waals surface area contributed by atoms with Gasteiger partial charge in [-0.25, -0.2) is 0 Å². The Labute approximate surface area is 92.4 Å². The third kappa shape index (κ3) is 3.83. The van der Waals surface area contributed by atoms with E-state index < -0.39 is 10.1 Å². The van der Waals surface area contributed by atoms with Gasteiger partial charge in [0.2, 0.25) is 0 Å². The number of pyridine rings is 1. The molecule has 1 heterocycles.